The first-order valence-electron chi connectivity index (χ1n) is 7.09. The molecule has 2 heterocycles. The molecule has 0 aliphatic rings. The van der Waals surface area contributed by atoms with Gasteiger partial charge in [0.15, 0.2) is 0 Å². The van der Waals surface area contributed by atoms with E-state index in [9.17, 15) is 5.26 Å². The highest BCUT2D eigenvalue weighted by Gasteiger charge is 2.17. The Morgan fingerprint density at radius 3 is 2.71 bits per heavy atom. The van der Waals surface area contributed by atoms with E-state index >= 15 is 0 Å². The van der Waals surface area contributed by atoms with E-state index in [1.54, 1.807) is 19.5 Å². The lowest BCUT2D eigenvalue weighted by Crippen LogP contribution is -2.00. The minimum absolute atomic E-state index is 0.177. The summed E-state index contributed by atoms with van der Waals surface area (Å²) in [5.41, 5.74) is 9.26. The van der Waals surface area contributed by atoms with Crippen molar-refractivity contribution >= 4 is 21.7 Å². The van der Waals surface area contributed by atoms with Gasteiger partial charge >= 0.3 is 0 Å². The molecular weight excluding hydrogens is 368 g/mol. The second-order valence-electron chi connectivity index (χ2n) is 5.01. The number of anilines is 1. The maximum absolute atomic E-state index is 9.52. The van der Waals surface area contributed by atoms with Crippen molar-refractivity contribution in [2.45, 2.75) is 0 Å². The van der Waals surface area contributed by atoms with Crippen LogP contribution in [0.1, 0.15) is 5.56 Å². The highest BCUT2D eigenvalue weighted by atomic mass is 79.9. The Bertz CT molecular complexity index is 936. The fourth-order valence-electron chi connectivity index (χ4n) is 2.45. The van der Waals surface area contributed by atoms with Gasteiger partial charge in [-0.25, -0.2) is 4.98 Å². The van der Waals surface area contributed by atoms with Gasteiger partial charge in [-0.15, -0.1) is 0 Å². The lowest BCUT2D eigenvalue weighted by atomic mass is 9.98. The zero-order valence-electron chi connectivity index (χ0n) is 12.8. The number of rotatable bonds is 3. The van der Waals surface area contributed by atoms with E-state index in [1.165, 1.54) is 0 Å². The average Bonchev–Trinajstić information content (AvgIpc) is 2.61. The number of hydrogen-bond acceptors (Lipinski definition) is 5. The molecule has 0 saturated heterocycles. The zero-order chi connectivity index (χ0) is 17.1. The third kappa shape index (κ3) is 2.94. The Hall–Kier alpha value is -2.91. The number of nitrogen functional groups attached to an aromatic ring is 1. The summed E-state index contributed by atoms with van der Waals surface area (Å²) in [6, 6.07) is 13.3. The van der Waals surface area contributed by atoms with E-state index in [0.717, 1.165) is 15.6 Å². The van der Waals surface area contributed by atoms with Crippen LogP contribution in [0.5, 0.6) is 5.75 Å². The molecule has 0 saturated carbocycles. The van der Waals surface area contributed by atoms with Gasteiger partial charge in [-0.2, -0.15) is 5.26 Å². The first-order chi connectivity index (χ1) is 11.6. The van der Waals surface area contributed by atoms with Gasteiger partial charge in [-0.1, -0.05) is 15.9 Å². The summed E-state index contributed by atoms with van der Waals surface area (Å²) in [4.78, 5) is 8.45. The van der Waals surface area contributed by atoms with Crippen molar-refractivity contribution < 1.29 is 4.74 Å². The van der Waals surface area contributed by atoms with Gasteiger partial charge in [-0.05, 0) is 36.4 Å². The zero-order valence-corrected chi connectivity index (χ0v) is 14.4. The Morgan fingerprint density at radius 2 is 2.04 bits per heavy atom. The van der Waals surface area contributed by atoms with Crippen molar-refractivity contribution in [3.63, 3.8) is 0 Å². The molecule has 0 bridgehead atoms. The van der Waals surface area contributed by atoms with Crippen LogP contribution < -0.4 is 10.5 Å². The molecule has 3 aromatic rings. The Morgan fingerprint density at radius 1 is 1.21 bits per heavy atom. The summed E-state index contributed by atoms with van der Waals surface area (Å²) in [7, 11) is 1.59. The van der Waals surface area contributed by atoms with Crippen LogP contribution in [0.3, 0.4) is 0 Å². The molecule has 3 rings (SSSR count). The minimum Gasteiger partial charge on any atom is -0.496 e. The van der Waals surface area contributed by atoms with Crippen LogP contribution in [-0.4, -0.2) is 17.1 Å². The maximum Gasteiger partial charge on any atom is 0.142 e. The molecule has 24 heavy (non-hydrogen) atoms. The summed E-state index contributed by atoms with van der Waals surface area (Å²) < 4.78 is 6.31. The van der Waals surface area contributed by atoms with Gasteiger partial charge in [0.25, 0.3) is 0 Å². The number of hydrogen-bond donors (Lipinski definition) is 1. The van der Waals surface area contributed by atoms with Crippen LogP contribution in [0.2, 0.25) is 0 Å². The Labute approximate surface area is 147 Å². The Balaban J connectivity index is 2.30. The van der Waals surface area contributed by atoms with Crippen molar-refractivity contribution in [2.75, 3.05) is 12.8 Å². The molecule has 5 nitrogen and oxygen atoms in total. The predicted molar refractivity (Wildman–Crippen MR) is 96.3 cm³/mol. The third-order valence-corrected chi connectivity index (χ3v) is 4.06. The molecule has 2 N–H and O–H groups in total. The van der Waals surface area contributed by atoms with E-state index in [0.29, 0.717) is 22.6 Å². The van der Waals surface area contributed by atoms with E-state index < -0.39 is 0 Å². The summed E-state index contributed by atoms with van der Waals surface area (Å²) in [5.74, 6) is 0.827. The predicted octanol–water partition coefficient (Wildman–Crippen LogP) is 4.04. The van der Waals surface area contributed by atoms with Gasteiger partial charge in [0, 0.05) is 33.6 Å². The summed E-state index contributed by atoms with van der Waals surface area (Å²) in [6.45, 7) is 0. The van der Waals surface area contributed by atoms with Crippen LogP contribution in [0.15, 0.2) is 53.3 Å². The summed E-state index contributed by atoms with van der Waals surface area (Å²) in [5, 5.41) is 9.52. The molecule has 1 aromatic carbocycles. The van der Waals surface area contributed by atoms with Gasteiger partial charge in [0.1, 0.15) is 23.2 Å². The average molecular weight is 381 g/mol. The van der Waals surface area contributed by atoms with Crippen LogP contribution in [0.25, 0.3) is 22.4 Å². The molecule has 2 aromatic heterocycles. The number of nitrogens with two attached hydrogens (primary N) is 1. The lowest BCUT2D eigenvalue weighted by molar-refractivity contribution is 0.416. The molecule has 0 atom stereocenters. The molecular formula is C18H13BrN4O. The normalized spacial score (nSPS) is 10.2. The highest BCUT2D eigenvalue weighted by molar-refractivity contribution is 9.10. The van der Waals surface area contributed by atoms with Gasteiger partial charge in [0.2, 0.25) is 0 Å². The van der Waals surface area contributed by atoms with E-state index in [1.807, 2.05) is 36.4 Å². The molecule has 0 aliphatic carbocycles. The monoisotopic (exact) mass is 380 g/mol. The second kappa shape index (κ2) is 6.69. The number of halogens is 1. The van der Waals surface area contributed by atoms with Crippen molar-refractivity contribution in [1.29, 1.82) is 5.26 Å². The Kier molecular flexibility index (Phi) is 4.45. The third-order valence-electron chi connectivity index (χ3n) is 3.57. The van der Waals surface area contributed by atoms with Crippen molar-refractivity contribution in [2.24, 2.45) is 0 Å². The number of pyridine rings is 2. The summed E-state index contributed by atoms with van der Waals surface area (Å²) >= 11 is 3.46. The van der Waals surface area contributed by atoms with Crippen LogP contribution in [0, 0.1) is 11.3 Å². The molecule has 0 radical (unpaired) electrons. The SMILES string of the molecule is COc1ccc(Br)cc1-c1cc(-c2cccnc2)nc(N)c1C#N. The fraction of sp³-hybridized carbons (Fsp3) is 0.0556. The maximum atomic E-state index is 9.52. The molecule has 0 spiro atoms. The largest absolute Gasteiger partial charge is 0.496 e. The fourth-order valence-corrected chi connectivity index (χ4v) is 2.81. The molecule has 0 fully saturated rings. The second-order valence-corrected chi connectivity index (χ2v) is 5.93. The van der Waals surface area contributed by atoms with E-state index in [4.69, 9.17) is 10.5 Å². The van der Waals surface area contributed by atoms with Gasteiger partial charge in [-0.3, -0.25) is 4.98 Å². The van der Waals surface area contributed by atoms with E-state index in [2.05, 4.69) is 32.0 Å². The lowest BCUT2D eigenvalue weighted by Gasteiger charge is -2.13. The molecule has 6 heteroatoms. The van der Waals surface area contributed by atoms with Crippen LogP contribution >= 0.6 is 15.9 Å². The first-order valence-corrected chi connectivity index (χ1v) is 7.88. The number of ether oxygens (including phenoxy) is 1. The van der Waals surface area contributed by atoms with E-state index in [-0.39, 0.29) is 5.82 Å². The van der Waals surface area contributed by atoms with Crippen molar-refractivity contribution in [1.82, 2.24) is 9.97 Å². The van der Waals surface area contributed by atoms with Crippen molar-refractivity contribution in [3.8, 4) is 34.2 Å². The molecule has 118 valence electrons. The van der Waals surface area contributed by atoms with Crippen LogP contribution in [-0.2, 0) is 0 Å². The highest BCUT2D eigenvalue weighted by Crippen LogP contribution is 2.37. The van der Waals surface area contributed by atoms with Gasteiger partial charge < -0.3 is 10.5 Å². The molecule has 0 amide bonds. The first kappa shape index (κ1) is 16.0. The minimum atomic E-state index is 0.177. The number of methoxy groups -OCH3 is 1. The standard InChI is InChI=1S/C18H13BrN4O/c1-24-17-5-4-12(19)7-14(17)13-8-16(11-3-2-6-22-10-11)23-18(21)15(13)9-20/h2-8,10H,1H3,(H2,21,23). The molecule has 0 unspecified atom stereocenters. The smallest absolute Gasteiger partial charge is 0.142 e. The quantitative estimate of drug-likeness (QED) is 0.740. The van der Waals surface area contributed by atoms with Crippen molar-refractivity contribution in [3.05, 3.63) is 58.8 Å². The number of aromatic nitrogens is 2. The number of benzene rings is 1. The topological polar surface area (TPSA) is 84.8 Å². The number of nitriles is 1. The molecule has 0 aliphatic heterocycles. The van der Waals surface area contributed by atoms with Crippen LogP contribution in [0.4, 0.5) is 5.82 Å². The summed E-state index contributed by atoms with van der Waals surface area (Å²) in [6.07, 6.45) is 3.39. The van der Waals surface area contributed by atoms with Gasteiger partial charge in [0.05, 0.1) is 12.8 Å². The number of nitrogens with zero attached hydrogens (tertiary/aromatic N) is 3.